The lowest BCUT2D eigenvalue weighted by atomic mass is 10.2. The Hall–Kier alpha value is -2.82. The van der Waals surface area contributed by atoms with Crippen LogP contribution in [0.3, 0.4) is 0 Å². The van der Waals surface area contributed by atoms with Crippen LogP contribution in [0.1, 0.15) is 18.1 Å². The minimum absolute atomic E-state index is 0.313. The van der Waals surface area contributed by atoms with E-state index in [0.29, 0.717) is 23.8 Å². The molecule has 1 aliphatic rings. The van der Waals surface area contributed by atoms with Crippen LogP contribution in [0.5, 0.6) is 5.75 Å². The fraction of sp³-hybridized carbons (Fsp3) is 0.222. The number of carboxylic acids is 1. The largest absolute Gasteiger partial charge is 0.488 e. The van der Waals surface area contributed by atoms with Gasteiger partial charge in [-0.05, 0) is 24.6 Å². The van der Waals surface area contributed by atoms with Crippen LogP contribution >= 0.6 is 0 Å². The number of hydrogen-bond donors (Lipinski definition) is 1. The summed E-state index contributed by atoms with van der Waals surface area (Å²) in [6.45, 7) is 2.12. The van der Waals surface area contributed by atoms with Crippen molar-refractivity contribution in [2.24, 2.45) is 4.99 Å². The predicted octanol–water partition coefficient (Wildman–Crippen LogP) is 2.88. The first-order valence-corrected chi connectivity index (χ1v) is 7.38. The molecule has 2 aromatic carbocycles. The fourth-order valence-electron chi connectivity index (χ4n) is 2.40. The summed E-state index contributed by atoms with van der Waals surface area (Å²) in [5, 5.41) is 9.15. The molecular formula is C18H17NO4. The number of aliphatic carboxylic acids is 1. The summed E-state index contributed by atoms with van der Waals surface area (Å²) in [7, 11) is 0. The van der Waals surface area contributed by atoms with Crippen molar-refractivity contribution in [1.82, 2.24) is 0 Å². The Labute approximate surface area is 134 Å². The maximum Gasteiger partial charge on any atom is 0.332 e. The average molecular weight is 311 g/mol. The molecule has 0 radical (unpaired) electrons. The summed E-state index contributed by atoms with van der Waals surface area (Å²) in [5.74, 6) is -0.0583. The first-order valence-electron chi connectivity index (χ1n) is 7.38. The van der Waals surface area contributed by atoms with Gasteiger partial charge in [-0.25, -0.2) is 9.79 Å². The van der Waals surface area contributed by atoms with Gasteiger partial charge in [0.2, 0.25) is 5.90 Å². The number of hydrogen-bond acceptors (Lipinski definition) is 4. The highest BCUT2D eigenvalue weighted by atomic mass is 16.5. The van der Waals surface area contributed by atoms with Gasteiger partial charge in [-0.1, -0.05) is 42.5 Å². The smallest absolute Gasteiger partial charge is 0.332 e. The Morgan fingerprint density at radius 3 is 2.57 bits per heavy atom. The Kier molecular flexibility index (Phi) is 4.28. The zero-order valence-corrected chi connectivity index (χ0v) is 12.7. The third kappa shape index (κ3) is 3.34. The molecule has 0 bridgehead atoms. The van der Waals surface area contributed by atoms with E-state index in [1.54, 1.807) is 6.92 Å². The van der Waals surface area contributed by atoms with Crippen molar-refractivity contribution in [1.29, 1.82) is 0 Å². The van der Waals surface area contributed by atoms with E-state index >= 15 is 0 Å². The van der Waals surface area contributed by atoms with Gasteiger partial charge in [-0.15, -0.1) is 0 Å². The Morgan fingerprint density at radius 1 is 1.17 bits per heavy atom. The van der Waals surface area contributed by atoms with Crippen LogP contribution in [0.15, 0.2) is 59.6 Å². The maximum atomic E-state index is 11.2. The molecule has 1 heterocycles. The number of carboxylic acid groups (broad SMARTS) is 1. The Morgan fingerprint density at radius 2 is 1.87 bits per heavy atom. The first kappa shape index (κ1) is 15.1. The minimum atomic E-state index is -0.991. The van der Waals surface area contributed by atoms with Crippen molar-refractivity contribution in [3.63, 3.8) is 0 Å². The molecule has 0 aliphatic carbocycles. The van der Waals surface area contributed by atoms with Crippen LogP contribution in [0.2, 0.25) is 0 Å². The van der Waals surface area contributed by atoms with E-state index in [9.17, 15) is 4.79 Å². The molecule has 118 valence electrons. The molecule has 2 aromatic rings. The van der Waals surface area contributed by atoms with E-state index in [4.69, 9.17) is 14.6 Å². The molecule has 0 fully saturated rings. The SMILES string of the molecule is CC1OC(c2ccccc2OCc2ccccc2)=NC1C(=O)O. The topological polar surface area (TPSA) is 68.1 Å². The minimum Gasteiger partial charge on any atom is -0.488 e. The van der Waals surface area contributed by atoms with Crippen LogP contribution in [0.4, 0.5) is 0 Å². The van der Waals surface area contributed by atoms with Gasteiger partial charge in [0, 0.05) is 0 Å². The molecule has 5 heteroatoms. The second kappa shape index (κ2) is 6.52. The third-order valence-electron chi connectivity index (χ3n) is 3.61. The predicted molar refractivity (Wildman–Crippen MR) is 85.7 cm³/mol. The molecule has 0 spiro atoms. The summed E-state index contributed by atoms with van der Waals surface area (Å²) in [6.07, 6.45) is -0.496. The van der Waals surface area contributed by atoms with Gasteiger partial charge in [-0.2, -0.15) is 0 Å². The average Bonchev–Trinajstić information content (AvgIpc) is 2.96. The van der Waals surface area contributed by atoms with Crippen LogP contribution in [0.25, 0.3) is 0 Å². The van der Waals surface area contributed by atoms with Gasteiger partial charge < -0.3 is 14.6 Å². The van der Waals surface area contributed by atoms with Gasteiger partial charge in [0.1, 0.15) is 18.5 Å². The van der Waals surface area contributed by atoms with Crippen LogP contribution < -0.4 is 4.74 Å². The molecule has 2 unspecified atom stereocenters. The molecule has 0 saturated heterocycles. The zero-order chi connectivity index (χ0) is 16.2. The summed E-state index contributed by atoms with van der Waals surface area (Å²) in [6, 6.07) is 16.3. The Bertz CT molecular complexity index is 727. The lowest BCUT2D eigenvalue weighted by Crippen LogP contribution is -2.27. The van der Waals surface area contributed by atoms with Gasteiger partial charge in [0.25, 0.3) is 0 Å². The highest BCUT2D eigenvalue weighted by molar-refractivity contribution is 6.00. The number of rotatable bonds is 5. The lowest BCUT2D eigenvalue weighted by molar-refractivity contribution is -0.139. The Balaban J connectivity index is 1.81. The molecule has 23 heavy (non-hydrogen) atoms. The standard InChI is InChI=1S/C18H17NO4/c1-12-16(18(20)21)19-17(23-12)14-9-5-6-10-15(14)22-11-13-7-3-2-4-8-13/h2-10,12,16H,11H2,1H3,(H,20,21). The van der Waals surface area contributed by atoms with E-state index in [2.05, 4.69) is 4.99 Å². The molecule has 3 rings (SSSR count). The van der Waals surface area contributed by atoms with Gasteiger partial charge in [0.15, 0.2) is 6.04 Å². The molecule has 0 aromatic heterocycles. The van der Waals surface area contributed by atoms with Gasteiger partial charge in [0.05, 0.1) is 5.56 Å². The summed E-state index contributed by atoms with van der Waals surface area (Å²) >= 11 is 0. The van der Waals surface area contributed by atoms with E-state index in [-0.39, 0.29) is 0 Å². The second-order valence-corrected chi connectivity index (χ2v) is 5.31. The zero-order valence-electron chi connectivity index (χ0n) is 12.7. The first-order chi connectivity index (χ1) is 11.1. The van der Waals surface area contributed by atoms with Crippen molar-refractivity contribution in [3.05, 3.63) is 65.7 Å². The summed E-state index contributed by atoms with van der Waals surface area (Å²) in [4.78, 5) is 15.3. The number of para-hydroxylation sites is 1. The molecule has 1 N–H and O–H groups in total. The van der Waals surface area contributed by atoms with E-state index in [1.165, 1.54) is 0 Å². The maximum absolute atomic E-state index is 11.2. The third-order valence-corrected chi connectivity index (χ3v) is 3.61. The number of nitrogens with zero attached hydrogens (tertiary/aromatic N) is 1. The van der Waals surface area contributed by atoms with E-state index in [0.717, 1.165) is 5.56 Å². The highest BCUT2D eigenvalue weighted by Gasteiger charge is 2.34. The highest BCUT2D eigenvalue weighted by Crippen LogP contribution is 2.25. The molecule has 2 atom stereocenters. The molecule has 0 amide bonds. The molecule has 0 saturated carbocycles. The number of aliphatic imine (C=N–C) groups is 1. The van der Waals surface area contributed by atoms with Crippen molar-refractivity contribution in [2.75, 3.05) is 0 Å². The van der Waals surface area contributed by atoms with Crippen LogP contribution in [-0.2, 0) is 16.1 Å². The van der Waals surface area contributed by atoms with Crippen molar-refractivity contribution in [2.45, 2.75) is 25.7 Å². The number of benzene rings is 2. The number of ether oxygens (including phenoxy) is 2. The van der Waals surface area contributed by atoms with Crippen LogP contribution in [0, 0.1) is 0 Å². The molecular weight excluding hydrogens is 294 g/mol. The van der Waals surface area contributed by atoms with E-state index < -0.39 is 18.1 Å². The van der Waals surface area contributed by atoms with Crippen molar-refractivity contribution < 1.29 is 19.4 Å². The quantitative estimate of drug-likeness (QED) is 0.922. The lowest BCUT2D eigenvalue weighted by Gasteiger charge is -2.12. The van der Waals surface area contributed by atoms with Gasteiger partial charge >= 0.3 is 5.97 Å². The second-order valence-electron chi connectivity index (χ2n) is 5.31. The monoisotopic (exact) mass is 311 g/mol. The summed E-state index contributed by atoms with van der Waals surface area (Å²) < 4.78 is 11.5. The van der Waals surface area contributed by atoms with E-state index in [1.807, 2.05) is 54.6 Å². The molecule has 1 aliphatic heterocycles. The fourth-order valence-corrected chi connectivity index (χ4v) is 2.40. The van der Waals surface area contributed by atoms with Crippen molar-refractivity contribution in [3.8, 4) is 5.75 Å². The molecule has 5 nitrogen and oxygen atoms in total. The van der Waals surface area contributed by atoms with Crippen LogP contribution in [-0.4, -0.2) is 29.1 Å². The summed E-state index contributed by atoms with van der Waals surface area (Å²) in [5.41, 5.74) is 1.72. The van der Waals surface area contributed by atoms with Gasteiger partial charge in [-0.3, -0.25) is 0 Å². The normalized spacial score (nSPS) is 19.8. The number of carbonyl (C=O) groups is 1. The van der Waals surface area contributed by atoms with Crippen molar-refractivity contribution >= 4 is 11.9 Å².